The van der Waals surface area contributed by atoms with Crippen LogP contribution in [0, 0.1) is 5.82 Å². The van der Waals surface area contributed by atoms with Crippen molar-refractivity contribution >= 4 is 21.9 Å². The zero-order valence-electron chi connectivity index (χ0n) is 12.1. The van der Waals surface area contributed by atoms with Gasteiger partial charge < -0.3 is 14.2 Å². The molecule has 0 amide bonds. The van der Waals surface area contributed by atoms with E-state index in [2.05, 4.69) is 15.9 Å². The van der Waals surface area contributed by atoms with E-state index in [0.29, 0.717) is 5.75 Å². The molecule has 0 spiro atoms. The van der Waals surface area contributed by atoms with Crippen molar-refractivity contribution in [2.45, 2.75) is 6.61 Å². The van der Waals surface area contributed by atoms with Crippen molar-refractivity contribution in [2.24, 2.45) is 0 Å². The van der Waals surface area contributed by atoms with E-state index in [-0.39, 0.29) is 17.9 Å². The number of rotatable bonds is 5. The van der Waals surface area contributed by atoms with E-state index >= 15 is 0 Å². The van der Waals surface area contributed by atoms with E-state index in [9.17, 15) is 9.18 Å². The molecule has 2 rings (SSSR count). The lowest BCUT2D eigenvalue weighted by atomic mass is 10.2. The first-order chi connectivity index (χ1) is 10.5. The van der Waals surface area contributed by atoms with Crippen LogP contribution in [0.1, 0.15) is 15.9 Å². The second-order valence-corrected chi connectivity index (χ2v) is 5.25. The quantitative estimate of drug-likeness (QED) is 0.749. The van der Waals surface area contributed by atoms with Crippen LogP contribution >= 0.6 is 15.9 Å². The first-order valence-electron chi connectivity index (χ1n) is 6.38. The average molecular weight is 369 g/mol. The largest absolute Gasteiger partial charge is 0.496 e. The van der Waals surface area contributed by atoms with Crippen LogP contribution in [0.25, 0.3) is 0 Å². The highest BCUT2D eigenvalue weighted by atomic mass is 79.9. The highest BCUT2D eigenvalue weighted by molar-refractivity contribution is 9.10. The molecule has 0 atom stereocenters. The standard InChI is InChI=1S/C16H14BrFO4/c1-20-14-5-3-10(7-12(14)17)9-22-16(19)11-4-6-15(21-2)13(18)8-11/h3-8H,9H2,1-2H3. The zero-order chi connectivity index (χ0) is 16.1. The summed E-state index contributed by atoms with van der Waals surface area (Å²) in [5, 5.41) is 0. The van der Waals surface area contributed by atoms with Crippen molar-refractivity contribution in [3.05, 3.63) is 57.8 Å². The van der Waals surface area contributed by atoms with E-state index in [1.807, 2.05) is 0 Å². The van der Waals surface area contributed by atoms with E-state index in [0.717, 1.165) is 16.1 Å². The summed E-state index contributed by atoms with van der Waals surface area (Å²) in [6.45, 7) is 0.0784. The van der Waals surface area contributed by atoms with Gasteiger partial charge in [-0.3, -0.25) is 0 Å². The minimum Gasteiger partial charge on any atom is -0.496 e. The Hall–Kier alpha value is -2.08. The van der Waals surface area contributed by atoms with Gasteiger partial charge in [0.05, 0.1) is 24.3 Å². The summed E-state index contributed by atoms with van der Waals surface area (Å²) in [6.07, 6.45) is 0. The maximum absolute atomic E-state index is 13.6. The van der Waals surface area contributed by atoms with Gasteiger partial charge >= 0.3 is 5.97 Å². The summed E-state index contributed by atoms with van der Waals surface area (Å²) < 4.78 is 29.4. The van der Waals surface area contributed by atoms with Gasteiger partial charge in [0.1, 0.15) is 12.4 Å². The Bertz CT molecular complexity index is 688. The van der Waals surface area contributed by atoms with E-state index in [1.54, 1.807) is 25.3 Å². The minimum atomic E-state index is -0.607. The Morgan fingerprint density at radius 1 is 1.09 bits per heavy atom. The molecule has 0 saturated heterocycles. The van der Waals surface area contributed by atoms with Crippen LogP contribution in [0.5, 0.6) is 11.5 Å². The van der Waals surface area contributed by atoms with Crippen LogP contribution in [0.15, 0.2) is 40.9 Å². The molecule has 22 heavy (non-hydrogen) atoms. The molecule has 0 radical (unpaired) electrons. The third kappa shape index (κ3) is 3.76. The number of esters is 1. The zero-order valence-corrected chi connectivity index (χ0v) is 13.6. The number of carbonyl (C=O) groups excluding carboxylic acids is 1. The third-order valence-corrected chi connectivity index (χ3v) is 3.59. The highest BCUT2D eigenvalue weighted by Gasteiger charge is 2.12. The van der Waals surface area contributed by atoms with E-state index in [1.165, 1.54) is 19.2 Å². The number of hydrogen-bond donors (Lipinski definition) is 0. The summed E-state index contributed by atoms with van der Waals surface area (Å²) in [5.41, 5.74) is 0.917. The van der Waals surface area contributed by atoms with Gasteiger partial charge in [0.2, 0.25) is 0 Å². The molecular formula is C16H14BrFO4. The summed E-state index contributed by atoms with van der Waals surface area (Å²) in [6, 6.07) is 9.27. The second kappa shape index (κ2) is 7.26. The van der Waals surface area contributed by atoms with Crippen LogP contribution in [0.2, 0.25) is 0 Å². The molecule has 0 N–H and O–H groups in total. The van der Waals surface area contributed by atoms with Gasteiger partial charge in [0.15, 0.2) is 11.6 Å². The summed E-state index contributed by atoms with van der Waals surface area (Å²) in [5.74, 6) is -0.444. The molecule has 2 aromatic rings. The van der Waals surface area contributed by atoms with Gasteiger partial charge in [0, 0.05) is 0 Å². The van der Waals surface area contributed by atoms with Crippen LogP contribution in [-0.2, 0) is 11.3 Å². The Kier molecular flexibility index (Phi) is 5.38. The molecule has 0 aliphatic rings. The van der Waals surface area contributed by atoms with Crippen molar-refractivity contribution in [3.63, 3.8) is 0 Å². The number of methoxy groups -OCH3 is 2. The molecule has 0 heterocycles. The topological polar surface area (TPSA) is 44.8 Å². The van der Waals surface area contributed by atoms with Gasteiger partial charge in [-0.1, -0.05) is 6.07 Å². The van der Waals surface area contributed by atoms with Crippen LogP contribution < -0.4 is 9.47 Å². The molecule has 0 aliphatic carbocycles. The van der Waals surface area contributed by atoms with E-state index < -0.39 is 11.8 Å². The third-order valence-electron chi connectivity index (χ3n) is 2.97. The molecular weight excluding hydrogens is 355 g/mol. The highest BCUT2D eigenvalue weighted by Crippen LogP contribution is 2.26. The maximum atomic E-state index is 13.6. The first kappa shape index (κ1) is 16.3. The molecule has 116 valence electrons. The van der Waals surface area contributed by atoms with Crippen molar-refractivity contribution in [2.75, 3.05) is 14.2 Å². The average Bonchev–Trinajstić information content (AvgIpc) is 2.52. The van der Waals surface area contributed by atoms with Gasteiger partial charge in [-0.05, 0) is 51.8 Å². The number of carbonyl (C=O) groups is 1. The fourth-order valence-corrected chi connectivity index (χ4v) is 2.41. The molecule has 0 saturated carbocycles. The molecule has 0 aromatic heterocycles. The number of hydrogen-bond acceptors (Lipinski definition) is 4. The van der Waals surface area contributed by atoms with Crippen LogP contribution in [0.3, 0.4) is 0 Å². The molecule has 6 heteroatoms. The number of ether oxygens (including phenoxy) is 3. The predicted octanol–water partition coefficient (Wildman–Crippen LogP) is 3.96. The lowest BCUT2D eigenvalue weighted by Gasteiger charge is -2.08. The molecule has 0 fully saturated rings. The van der Waals surface area contributed by atoms with Crippen LogP contribution in [-0.4, -0.2) is 20.2 Å². The van der Waals surface area contributed by atoms with Gasteiger partial charge in [-0.2, -0.15) is 0 Å². The molecule has 4 nitrogen and oxygen atoms in total. The van der Waals surface area contributed by atoms with Gasteiger partial charge in [0.25, 0.3) is 0 Å². The fraction of sp³-hybridized carbons (Fsp3) is 0.188. The first-order valence-corrected chi connectivity index (χ1v) is 7.17. The maximum Gasteiger partial charge on any atom is 0.338 e. The predicted molar refractivity (Wildman–Crippen MR) is 82.8 cm³/mol. The number of benzene rings is 2. The summed E-state index contributed by atoms with van der Waals surface area (Å²) in [7, 11) is 2.93. The molecule has 0 unspecified atom stereocenters. The van der Waals surface area contributed by atoms with Gasteiger partial charge in [-0.15, -0.1) is 0 Å². The number of halogens is 2. The second-order valence-electron chi connectivity index (χ2n) is 4.39. The fourth-order valence-electron chi connectivity index (χ4n) is 1.83. The smallest absolute Gasteiger partial charge is 0.338 e. The van der Waals surface area contributed by atoms with Crippen molar-refractivity contribution in [3.8, 4) is 11.5 Å². The van der Waals surface area contributed by atoms with Crippen molar-refractivity contribution in [1.29, 1.82) is 0 Å². The molecule has 0 aliphatic heterocycles. The summed E-state index contributed by atoms with van der Waals surface area (Å²) >= 11 is 3.36. The summed E-state index contributed by atoms with van der Waals surface area (Å²) in [4.78, 5) is 11.9. The van der Waals surface area contributed by atoms with Crippen molar-refractivity contribution in [1.82, 2.24) is 0 Å². The lowest BCUT2D eigenvalue weighted by Crippen LogP contribution is -2.06. The normalized spacial score (nSPS) is 10.2. The van der Waals surface area contributed by atoms with Crippen LogP contribution in [0.4, 0.5) is 4.39 Å². The minimum absolute atomic E-state index is 0.0784. The molecule has 2 aromatic carbocycles. The molecule has 0 bridgehead atoms. The van der Waals surface area contributed by atoms with Gasteiger partial charge in [-0.25, -0.2) is 9.18 Å². The Labute approximate surface area is 135 Å². The Balaban J connectivity index is 2.03. The Morgan fingerprint density at radius 3 is 2.36 bits per heavy atom. The van der Waals surface area contributed by atoms with E-state index in [4.69, 9.17) is 14.2 Å². The monoisotopic (exact) mass is 368 g/mol. The van der Waals surface area contributed by atoms with Crippen molar-refractivity contribution < 1.29 is 23.4 Å². The Morgan fingerprint density at radius 2 is 1.77 bits per heavy atom. The lowest BCUT2D eigenvalue weighted by molar-refractivity contribution is 0.0472. The SMILES string of the molecule is COc1ccc(C(=O)OCc2ccc(OC)c(Br)c2)cc1F.